The molecule has 5 nitrogen and oxygen atoms in total. The van der Waals surface area contributed by atoms with E-state index in [4.69, 9.17) is 9.52 Å². The molecule has 1 aromatic carbocycles. The number of alkyl halides is 1. The third-order valence-corrected chi connectivity index (χ3v) is 3.32. The highest BCUT2D eigenvalue weighted by molar-refractivity contribution is 5.92. The fraction of sp³-hybridized carbons (Fsp3) is 0.385. The molecule has 1 unspecified atom stereocenters. The van der Waals surface area contributed by atoms with Crippen LogP contribution in [0.4, 0.5) is 10.4 Å². The van der Waals surface area contributed by atoms with Gasteiger partial charge in [0.2, 0.25) is 0 Å². The lowest BCUT2D eigenvalue weighted by Gasteiger charge is -2.14. The summed E-state index contributed by atoms with van der Waals surface area (Å²) in [5.41, 5.74) is -0.103. The molecule has 3 rings (SSSR count). The summed E-state index contributed by atoms with van der Waals surface area (Å²) in [5.74, 6) is -1.02. The predicted molar refractivity (Wildman–Crippen MR) is 67.3 cm³/mol. The number of benzene rings is 1. The lowest BCUT2D eigenvalue weighted by molar-refractivity contribution is 0.0697. The van der Waals surface area contributed by atoms with E-state index in [2.05, 4.69) is 4.98 Å². The minimum absolute atomic E-state index is 0.145. The second-order valence-electron chi connectivity index (χ2n) is 5.07. The predicted octanol–water partition coefficient (Wildman–Crippen LogP) is 2.46. The van der Waals surface area contributed by atoms with Crippen LogP contribution < -0.4 is 4.90 Å². The van der Waals surface area contributed by atoms with Crippen LogP contribution in [-0.2, 0) is 0 Å². The molecule has 0 radical (unpaired) electrons. The fourth-order valence-electron chi connectivity index (χ4n) is 2.27. The number of aromatic nitrogens is 1. The standard InChI is InChI=1S/C13H13FN2O3/c1-13(14)4-5-16(7-13)12-15-9-3-2-8(11(17)18)6-10(9)19-12/h2-3,6H,4-5,7H2,1H3,(H,17,18). The van der Waals surface area contributed by atoms with Gasteiger partial charge in [-0.2, -0.15) is 4.98 Å². The van der Waals surface area contributed by atoms with Gasteiger partial charge in [-0.1, -0.05) is 0 Å². The van der Waals surface area contributed by atoms with Crippen molar-refractivity contribution in [2.45, 2.75) is 19.0 Å². The number of rotatable bonds is 2. The van der Waals surface area contributed by atoms with E-state index in [-0.39, 0.29) is 12.1 Å². The number of nitrogens with zero attached hydrogens (tertiary/aromatic N) is 2. The highest BCUT2D eigenvalue weighted by atomic mass is 19.1. The van der Waals surface area contributed by atoms with Gasteiger partial charge in [0, 0.05) is 13.0 Å². The van der Waals surface area contributed by atoms with Gasteiger partial charge in [-0.25, -0.2) is 9.18 Å². The van der Waals surface area contributed by atoms with Gasteiger partial charge in [0.25, 0.3) is 6.01 Å². The Morgan fingerprint density at radius 2 is 2.37 bits per heavy atom. The molecule has 1 aliphatic rings. The topological polar surface area (TPSA) is 66.6 Å². The van der Waals surface area contributed by atoms with E-state index in [1.54, 1.807) is 17.9 Å². The maximum absolute atomic E-state index is 13.8. The van der Waals surface area contributed by atoms with E-state index in [9.17, 15) is 9.18 Å². The summed E-state index contributed by atoms with van der Waals surface area (Å²) in [7, 11) is 0. The zero-order chi connectivity index (χ0) is 13.6. The molecule has 1 N–H and O–H groups in total. The number of hydrogen-bond acceptors (Lipinski definition) is 4. The molecule has 1 aliphatic heterocycles. The van der Waals surface area contributed by atoms with Crippen LogP contribution in [-0.4, -0.2) is 34.8 Å². The van der Waals surface area contributed by atoms with Crippen molar-refractivity contribution in [1.82, 2.24) is 4.98 Å². The van der Waals surface area contributed by atoms with Crippen molar-refractivity contribution >= 4 is 23.1 Å². The summed E-state index contributed by atoms with van der Waals surface area (Å²) in [6.07, 6.45) is 0.437. The minimum atomic E-state index is -1.23. The normalized spacial score (nSPS) is 23.2. The molecule has 0 spiro atoms. The van der Waals surface area contributed by atoms with Crippen LogP contribution >= 0.6 is 0 Å². The quantitative estimate of drug-likeness (QED) is 0.902. The average Bonchev–Trinajstić information content (AvgIpc) is 2.90. The zero-order valence-electron chi connectivity index (χ0n) is 10.4. The SMILES string of the molecule is CC1(F)CCN(c2nc3ccc(C(=O)O)cc3o2)C1. The maximum atomic E-state index is 13.8. The van der Waals surface area contributed by atoms with Crippen LogP contribution in [0.25, 0.3) is 11.1 Å². The Hall–Kier alpha value is -2.11. The van der Waals surface area contributed by atoms with Crippen molar-refractivity contribution in [3.05, 3.63) is 23.8 Å². The Bertz CT molecular complexity index is 650. The third-order valence-electron chi connectivity index (χ3n) is 3.32. The minimum Gasteiger partial charge on any atom is -0.478 e. The molecule has 1 saturated heterocycles. The largest absolute Gasteiger partial charge is 0.478 e. The van der Waals surface area contributed by atoms with Gasteiger partial charge in [-0.05, 0) is 25.1 Å². The molecule has 1 atom stereocenters. The Kier molecular flexibility index (Phi) is 2.48. The number of aromatic carboxylic acids is 1. The first-order valence-corrected chi connectivity index (χ1v) is 6.02. The van der Waals surface area contributed by atoms with Crippen molar-refractivity contribution in [3.8, 4) is 0 Å². The highest BCUT2D eigenvalue weighted by Crippen LogP contribution is 2.31. The second-order valence-corrected chi connectivity index (χ2v) is 5.07. The summed E-state index contributed by atoms with van der Waals surface area (Å²) in [6.45, 7) is 2.34. The van der Waals surface area contributed by atoms with Crippen molar-refractivity contribution < 1.29 is 18.7 Å². The van der Waals surface area contributed by atoms with Gasteiger partial charge in [0.05, 0.1) is 12.1 Å². The number of oxazole rings is 1. The summed E-state index contributed by atoms with van der Waals surface area (Å²) in [4.78, 5) is 16.9. The lowest BCUT2D eigenvalue weighted by atomic mass is 10.1. The van der Waals surface area contributed by atoms with Gasteiger partial charge >= 0.3 is 5.97 Å². The molecule has 0 amide bonds. The number of carboxylic acids is 1. The van der Waals surface area contributed by atoms with E-state index in [0.717, 1.165) is 0 Å². The van der Waals surface area contributed by atoms with E-state index in [0.29, 0.717) is 30.1 Å². The van der Waals surface area contributed by atoms with Gasteiger partial charge in [-0.3, -0.25) is 0 Å². The lowest BCUT2D eigenvalue weighted by Crippen LogP contribution is -2.25. The summed E-state index contributed by atoms with van der Waals surface area (Å²) in [6, 6.07) is 4.84. The number of anilines is 1. The molecule has 1 aromatic heterocycles. The average molecular weight is 264 g/mol. The van der Waals surface area contributed by atoms with E-state index < -0.39 is 11.6 Å². The first kappa shape index (κ1) is 12.0. The van der Waals surface area contributed by atoms with Crippen LogP contribution in [0.5, 0.6) is 0 Å². The van der Waals surface area contributed by atoms with Gasteiger partial charge < -0.3 is 14.4 Å². The summed E-state index contributed by atoms with van der Waals surface area (Å²) in [5, 5.41) is 8.91. The molecule has 2 aromatic rings. The summed E-state index contributed by atoms with van der Waals surface area (Å²) < 4.78 is 19.3. The van der Waals surface area contributed by atoms with Crippen LogP contribution in [0, 0.1) is 0 Å². The molecule has 0 aliphatic carbocycles. The van der Waals surface area contributed by atoms with Crippen molar-refractivity contribution in [3.63, 3.8) is 0 Å². The number of halogens is 1. The van der Waals surface area contributed by atoms with Crippen LogP contribution in [0.3, 0.4) is 0 Å². The van der Waals surface area contributed by atoms with E-state index in [1.165, 1.54) is 12.1 Å². The number of fused-ring (bicyclic) bond motifs is 1. The fourth-order valence-corrected chi connectivity index (χ4v) is 2.27. The molecule has 100 valence electrons. The Morgan fingerprint density at radius 3 is 3.00 bits per heavy atom. The van der Waals surface area contributed by atoms with Gasteiger partial charge in [-0.15, -0.1) is 0 Å². The molecular weight excluding hydrogens is 251 g/mol. The maximum Gasteiger partial charge on any atom is 0.335 e. The molecular formula is C13H13FN2O3. The molecule has 19 heavy (non-hydrogen) atoms. The smallest absolute Gasteiger partial charge is 0.335 e. The van der Waals surface area contributed by atoms with Crippen molar-refractivity contribution in [2.75, 3.05) is 18.0 Å². The molecule has 6 heteroatoms. The second kappa shape index (κ2) is 3.94. The first-order valence-electron chi connectivity index (χ1n) is 6.02. The monoisotopic (exact) mass is 264 g/mol. The van der Waals surface area contributed by atoms with Crippen LogP contribution in [0.15, 0.2) is 22.6 Å². The number of hydrogen-bond donors (Lipinski definition) is 1. The number of carbonyl (C=O) groups is 1. The molecule has 0 saturated carbocycles. The van der Waals surface area contributed by atoms with Crippen molar-refractivity contribution in [1.29, 1.82) is 0 Å². The Morgan fingerprint density at radius 1 is 1.58 bits per heavy atom. The van der Waals surface area contributed by atoms with Gasteiger partial charge in [0.15, 0.2) is 5.58 Å². The molecule has 1 fully saturated rings. The molecule has 2 heterocycles. The Labute approximate surface area is 108 Å². The van der Waals surface area contributed by atoms with Gasteiger partial charge in [0.1, 0.15) is 11.2 Å². The van der Waals surface area contributed by atoms with Crippen LogP contribution in [0.2, 0.25) is 0 Å². The number of carboxylic acid groups (broad SMARTS) is 1. The third kappa shape index (κ3) is 2.14. The summed E-state index contributed by atoms with van der Waals surface area (Å²) >= 11 is 0. The van der Waals surface area contributed by atoms with Crippen LogP contribution in [0.1, 0.15) is 23.7 Å². The van der Waals surface area contributed by atoms with Crippen molar-refractivity contribution in [2.24, 2.45) is 0 Å². The Balaban J connectivity index is 1.96. The zero-order valence-corrected chi connectivity index (χ0v) is 10.4. The van der Waals surface area contributed by atoms with E-state index >= 15 is 0 Å². The van der Waals surface area contributed by atoms with E-state index in [1.807, 2.05) is 0 Å². The molecule has 0 bridgehead atoms. The first-order chi connectivity index (χ1) is 8.94. The highest BCUT2D eigenvalue weighted by Gasteiger charge is 2.35.